The number of benzene rings is 2. The molecule has 0 radical (unpaired) electrons. The second kappa shape index (κ2) is 10.6. The first-order chi connectivity index (χ1) is 18.4. The van der Waals surface area contributed by atoms with Crippen molar-refractivity contribution in [1.82, 2.24) is 19.5 Å². The van der Waals surface area contributed by atoms with E-state index in [0.717, 1.165) is 5.69 Å². The van der Waals surface area contributed by atoms with Gasteiger partial charge in [0, 0.05) is 25.3 Å². The molecule has 0 spiro atoms. The fourth-order valence-electron chi connectivity index (χ4n) is 4.03. The van der Waals surface area contributed by atoms with Crippen molar-refractivity contribution in [2.24, 2.45) is 10.2 Å². The van der Waals surface area contributed by atoms with Gasteiger partial charge in [0.25, 0.3) is 5.91 Å². The number of hydrogen-bond acceptors (Lipinski definition) is 11. The largest absolute Gasteiger partial charge is 0.394 e. The Morgan fingerprint density at radius 3 is 2.26 bits per heavy atom. The quantitative estimate of drug-likeness (QED) is 0.268. The molecular weight excluding hydrogens is 492 g/mol. The third kappa shape index (κ3) is 4.95. The molecule has 4 N–H and O–H groups in total. The van der Waals surface area contributed by atoms with Crippen LogP contribution in [-0.4, -0.2) is 79.8 Å². The molecule has 2 aromatic heterocycles. The molecule has 4 aromatic rings. The number of nitrogens with zero attached hydrogens (tertiary/aromatic N) is 7. The summed E-state index contributed by atoms with van der Waals surface area (Å²) in [5, 5.41) is 40.9. The lowest BCUT2D eigenvalue weighted by molar-refractivity contribution is -0.0511. The van der Waals surface area contributed by atoms with Gasteiger partial charge in [0.2, 0.25) is 0 Å². The van der Waals surface area contributed by atoms with Crippen molar-refractivity contribution >= 4 is 40.0 Å². The highest BCUT2D eigenvalue weighted by molar-refractivity contribution is 6.06. The summed E-state index contributed by atoms with van der Waals surface area (Å²) < 4.78 is 6.98. The van der Waals surface area contributed by atoms with Gasteiger partial charge in [-0.1, -0.05) is 0 Å². The van der Waals surface area contributed by atoms with E-state index in [0.29, 0.717) is 16.9 Å². The molecule has 13 heteroatoms. The van der Waals surface area contributed by atoms with Gasteiger partial charge in [0.15, 0.2) is 23.2 Å². The van der Waals surface area contributed by atoms with Crippen molar-refractivity contribution in [3.05, 3.63) is 66.7 Å². The molecule has 1 aliphatic heterocycles. The molecule has 38 heavy (non-hydrogen) atoms. The monoisotopic (exact) mass is 518 g/mol. The van der Waals surface area contributed by atoms with Gasteiger partial charge in [-0.2, -0.15) is 10.2 Å². The zero-order valence-corrected chi connectivity index (χ0v) is 20.6. The summed E-state index contributed by atoms with van der Waals surface area (Å²) in [6.07, 6.45) is -1.92. The number of azo groups is 1. The normalized spacial score (nSPS) is 21.3. The van der Waals surface area contributed by atoms with Crippen LogP contribution in [0, 0.1) is 0 Å². The van der Waals surface area contributed by atoms with Crippen molar-refractivity contribution in [3.8, 4) is 0 Å². The fourth-order valence-corrected chi connectivity index (χ4v) is 4.03. The Morgan fingerprint density at radius 2 is 1.66 bits per heavy atom. The van der Waals surface area contributed by atoms with Crippen molar-refractivity contribution in [3.63, 3.8) is 0 Å². The van der Waals surface area contributed by atoms with Crippen molar-refractivity contribution in [1.29, 1.82) is 0 Å². The van der Waals surface area contributed by atoms with Gasteiger partial charge >= 0.3 is 0 Å². The molecule has 1 aliphatic rings. The van der Waals surface area contributed by atoms with Gasteiger partial charge < -0.3 is 30.3 Å². The summed E-state index contributed by atoms with van der Waals surface area (Å²) in [5.74, 6) is -0.259. The Bertz CT molecular complexity index is 1460. The summed E-state index contributed by atoms with van der Waals surface area (Å²) in [4.78, 5) is 27.5. The van der Waals surface area contributed by atoms with Crippen LogP contribution < -0.4 is 10.2 Å². The van der Waals surface area contributed by atoms with E-state index >= 15 is 0 Å². The third-order valence-electron chi connectivity index (χ3n) is 6.16. The third-order valence-corrected chi connectivity index (χ3v) is 6.16. The van der Waals surface area contributed by atoms with Gasteiger partial charge in [-0.25, -0.2) is 15.0 Å². The number of hydrogen-bond donors (Lipinski definition) is 4. The van der Waals surface area contributed by atoms with Crippen LogP contribution in [0.4, 0.5) is 22.9 Å². The summed E-state index contributed by atoms with van der Waals surface area (Å²) in [6, 6.07) is 14.2. The van der Waals surface area contributed by atoms with Gasteiger partial charge in [-0.05, 0) is 48.5 Å². The standard InChI is InChI=1S/C25H26N8O5/c1-32(2)17-9-7-16(8-10-17)31-30-15-5-3-14(4-6-15)24(37)29-22-19-23(27-12-26-22)33(13-28-19)25-21(36)20(35)18(11-34)38-25/h3-10,12-13,18,20-21,25,34-36H,11H2,1-2H3,(H,26,27,29,37). The van der Waals surface area contributed by atoms with Crippen LogP contribution >= 0.6 is 0 Å². The van der Waals surface area contributed by atoms with E-state index in [1.165, 1.54) is 17.2 Å². The Labute approximate surface area is 217 Å². The number of rotatable bonds is 7. The number of imidazole rings is 1. The number of ether oxygens (including phenoxy) is 1. The molecule has 1 fully saturated rings. The molecule has 1 saturated heterocycles. The first-order valence-electron chi connectivity index (χ1n) is 11.8. The van der Waals surface area contributed by atoms with E-state index in [9.17, 15) is 20.1 Å². The lowest BCUT2D eigenvalue weighted by Crippen LogP contribution is -2.33. The van der Waals surface area contributed by atoms with Gasteiger partial charge in [0.05, 0.1) is 24.3 Å². The molecule has 0 aliphatic carbocycles. The second-order valence-electron chi connectivity index (χ2n) is 8.89. The summed E-state index contributed by atoms with van der Waals surface area (Å²) in [5.41, 5.74) is 3.27. The number of fused-ring (bicyclic) bond motifs is 1. The maximum atomic E-state index is 12.9. The minimum Gasteiger partial charge on any atom is -0.394 e. The van der Waals surface area contributed by atoms with E-state index in [1.807, 2.05) is 43.3 Å². The minimum absolute atomic E-state index is 0.162. The van der Waals surface area contributed by atoms with Crippen LogP contribution in [0.5, 0.6) is 0 Å². The molecule has 196 valence electrons. The van der Waals surface area contributed by atoms with Crippen LogP contribution in [0.2, 0.25) is 0 Å². The molecule has 1 amide bonds. The first-order valence-corrected chi connectivity index (χ1v) is 11.8. The van der Waals surface area contributed by atoms with Crippen molar-refractivity contribution in [2.75, 3.05) is 30.9 Å². The average Bonchev–Trinajstić information content (AvgIpc) is 3.49. The number of nitrogens with one attached hydrogen (secondary N) is 1. The van der Waals surface area contributed by atoms with Gasteiger partial charge in [0.1, 0.15) is 24.6 Å². The smallest absolute Gasteiger partial charge is 0.256 e. The number of aliphatic hydroxyl groups is 3. The number of aromatic nitrogens is 4. The topological polar surface area (TPSA) is 171 Å². The molecule has 13 nitrogen and oxygen atoms in total. The zero-order chi connectivity index (χ0) is 26.8. The summed E-state index contributed by atoms with van der Waals surface area (Å²) in [7, 11) is 3.93. The number of aliphatic hydroxyl groups excluding tert-OH is 3. The molecule has 5 rings (SSSR count). The van der Waals surface area contributed by atoms with Crippen LogP contribution in [0.3, 0.4) is 0 Å². The van der Waals surface area contributed by atoms with Crippen LogP contribution in [0.25, 0.3) is 11.2 Å². The Hall–Kier alpha value is -4.30. The molecule has 0 bridgehead atoms. The highest BCUT2D eigenvalue weighted by Crippen LogP contribution is 2.32. The Balaban J connectivity index is 1.29. The predicted octanol–water partition coefficient (Wildman–Crippen LogP) is 2.17. The van der Waals surface area contributed by atoms with Crippen molar-refractivity contribution < 1.29 is 24.9 Å². The molecule has 3 heterocycles. The Kier molecular flexibility index (Phi) is 7.07. The first kappa shape index (κ1) is 25.4. The van der Waals surface area contributed by atoms with E-state index in [4.69, 9.17) is 4.74 Å². The SMILES string of the molecule is CN(C)c1ccc(N=Nc2ccc(C(=O)Nc3ncnc4c3ncn4C3OC(CO)C(O)C3O)cc2)cc1. The minimum atomic E-state index is -1.30. The number of carbonyl (C=O) groups is 1. The predicted molar refractivity (Wildman–Crippen MR) is 138 cm³/mol. The van der Waals surface area contributed by atoms with Crippen LogP contribution in [0.15, 0.2) is 71.4 Å². The lowest BCUT2D eigenvalue weighted by Gasteiger charge is -2.16. The maximum Gasteiger partial charge on any atom is 0.256 e. The van der Waals surface area contributed by atoms with E-state index in [-0.39, 0.29) is 17.0 Å². The van der Waals surface area contributed by atoms with Crippen LogP contribution in [0.1, 0.15) is 16.6 Å². The molecule has 2 aromatic carbocycles. The highest BCUT2D eigenvalue weighted by atomic mass is 16.6. The molecule has 0 saturated carbocycles. The number of anilines is 2. The molecule has 4 unspecified atom stereocenters. The maximum absolute atomic E-state index is 12.9. The van der Waals surface area contributed by atoms with E-state index in [1.54, 1.807) is 24.3 Å². The molecular formula is C25H26N8O5. The number of carbonyl (C=O) groups excluding carboxylic acids is 1. The van der Waals surface area contributed by atoms with Gasteiger partial charge in [-0.3, -0.25) is 9.36 Å². The lowest BCUT2D eigenvalue weighted by atomic mass is 10.1. The van der Waals surface area contributed by atoms with Gasteiger partial charge in [-0.15, -0.1) is 0 Å². The zero-order valence-electron chi connectivity index (χ0n) is 20.6. The fraction of sp³-hybridized carbons (Fsp3) is 0.280. The van der Waals surface area contributed by atoms with E-state index < -0.39 is 37.1 Å². The highest BCUT2D eigenvalue weighted by Gasteiger charge is 2.44. The average molecular weight is 519 g/mol. The summed E-state index contributed by atoms with van der Waals surface area (Å²) >= 11 is 0. The van der Waals surface area contributed by atoms with E-state index in [2.05, 4.69) is 30.5 Å². The molecule has 4 atom stereocenters. The summed E-state index contributed by atoms with van der Waals surface area (Å²) in [6.45, 7) is -0.457. The van der Waals surface area contributed by atoms with Crippen LogP contribution in [-0.2, 0) is 4.74 Å². The second-order valence-corrected chi connectivity index (χ2v) is 8.89. The Morgan fingerprint density at radius 1 is 1.00 bits per heavy atom. The van der Waals surface area contributed by atoms with Crippen molar-refractivity contribution in [2.45, 2.75) is 24.5 Å². The number of amides is 1.